The first-order valence-corrected chi connectivity index (χ1v) is 12.6. The van der Waals surface area contributed by atoms with Crippen LogP contribution in [-0.2, 0) is 6.42 Å². The van der Waals surface area contributed by atoms with Crippen molar-refractivity contribution < 1.29 is 27.8 Å². The third-order valence-electron chi connectivity index (χ3n) is 6.67. The second kappa shape index (κ2) is 11.2. The van der Waals surface area contributed by atoms with Crippen LogP contribution >= 0.6 is 0 Å². The average molecular weight is 558 g/mol. The number of ether oxygens (including phenoxy) is 3. The highest BCUT2D eigenvalue weighted by atomic mass is 19.1. The molecule has 3 aromatic heterocycles. The number of methoxy groups -OCH3 is 2. The Morgan fingerprint density at radius 3 is 2.29 bits per heavy atom. The second-order valence-corrected chi connectivity index (χ2v) is 9.24. The number of halogens is 2. The molecule has 0 spiro atoms. The highest BCUT2D eigenvalue weighted by Gasteiger charge is 2.23. The molecule has 0 aliphatic rings. The van der Waals surface area contributed by atoms with Crippen molar-refractivity contribution in [3.63, 3.8) is 0 Å². The standard InChI is InChI=1S/C31H25F2N3O5/c1-17-27(31(38)36(18(2)28(17)33)21-9-7-20(32)8-10-21)24(37)15-19-5-11-22(12-6-19)41-25-13-14-34-23-16-26(39-3)30(40-4)35-29(23)25/h5-14,16H,15H2,1-4H3. The van der Waals surface area contributed by atoms with Crippen LogP contribution in [-0.4, -0.2) is 34.5 Å². The van der Waals surface area contributed by atoms with Gasteiger partial charge in [-0.05, 0) is 55.8 Å². The van der Waals surface area contributed by atoms with E-state index in [2.05, 4.69) is 9.97 Å². The number of Topliss-reactive ketones (excluding diaryl/α,β-unsaturated/α-hetero) is 1. The first kappa shape index (κ1) is 27.4. The van der Waals surface area contributed by atoms with Gasteiger partial charge in [-0.1, -0.05) is 12.1 Å². The Labute approximate surface area is 233 Å². The molecule has 3 heterocycles. The lowest BCUT2D eigenvalue weighted by Crippen LogP contribution is -2.30. The number of hydrogen-bond donors (Lipinski definition) is 0. The van der Waals surface area contributed by atoms with Gasteiger partial charge >= 0.3 is 0 Å². The van der Waals surface area contributed by atoms with E-state index in [9.17, 15) is 14.0 Å². The van der Waals surface area contributed by atoms with Crippen molar-refractivity contribution in [3.8, 4) is 28.8 Å². The van der Waals surface area contributed by atoms with E-state index in [4.69, 9.17) is 14.2 Å². The van der Waals surface area contributed by atoms with E-state index in [0.717, 1.165) is 4.57 Å². The van der Waals surface area contributed by atoms with Crippen LogP contribution in [0.4, 0.5) is 8.78 Å². The summed E-state index contributed by atoms with van der Waals surface area (Å²) in [5.74, 6) is -0.0768. The zero-order chi connectivity index (χ0) is 29.3. The van der Waals surface area contributed by atoms with Crippen LogP contribution in [0.3, 0.4) is 0 Å². The Balaban J connectivity index is 1.41. The molecule has 0 saturated heterocycles. The van der Waals surface area contributed by atoms with E-state index in [1.807, 2.05) is 0 Å². The summed E-state index contributed by atoms with van der Waals surface area (Å²) in [7, 11) is 2.99. The summed E-state index contributed by atoms with van der Waals surface area (Å²) in [5, 5.41) is 0. The summed E-state index contributed by atoms with van der Waals surface area (Å²) in [5.41, 5.74) is 0.968. The lowest BCUT2D eigenvalue weighted by molar-refractivity contribution is 0.0990. The van der Waals surface area contributed by atoms with Crippen LogP contribution in [0.15, 0.2) is 71.7 Å². The monoisotopic (exact) mass is 557 g/mol. The Hall–Kier alpha value is -5.12. The molecule has 0 aliphatic carbocycles. The summed E-state index contributed by atoms with van der Waals surface area (Å²) < 4.78 is 46.3. The molecule has 208 valence electrons. The highest BCUT2D eigenvalue weighted by Crippen LogP contribution is 2.34. The van der Waals surface area contributed by atoms with Crippen molar-refractivity contribution in [2.24, 2.45) is 0 Å². The van der Waals surface area contributed by atoms with E-state index in [1.54, 1.807) is 42.6 Å². The van der Waals surface area contributed by atoms with Crippen molar-refractivity contribution in [2.75, 3.05) is 14.2 Å². The van der Waals surface area contributed by atoms with E-state index >= 15 is 4.39 Å². The Bertz CT molecular complexity index is 1840. The molecule has 0 amide bonds. The number of fused-ring (bicyclic) bond motifs is 1. The lowest BCUT2D eigenvalue weighted by atomic mass is 9.99. The third kappa shape index (κ3) is 5.23. The first-order chi connectivity index (χ1) is 19.7. The summed E-state index contributed by atoms with van der Waals surface area (Å²) in [6, 6.07) is 15.1. The average Bonchev–Trinajstić information content (AvgIpc) is 2.97. The fourth-order valence-corrected chi connectivity index (χ4v) is 4.60. The predicted octanol–water partition coefficient (Wildman–Crippen LogP) is 5.91. The molecule has 5 aromatic rings. The van der Waals surface area contributed by atoms with Gasteiger partial charge in [-0.25, -0.2) is 13.8 Å². The van der Waals surface area contributed by atoms with E-state index in [1.165, 1.54) is 52.3 Å². The van der Waals surface area contributed by atoms with E-state index < -0.39 is 23.0 Å². The number of benzene rings is 2. The molecule has 0 radical (unpaired) electrons. The van der Waals surface area contributed by atoms with Gasteiger partial charge in [-0.15, -0.1) is 0 Å². The first-order valence-electron chi connectivity index (χ1n) is 12.6. The maximum Gasteiger partial charge on any atom is 0.266 e. The zero-order valence-electron chi connectivity index (χ0n) is 22.7. The number of carbonyl (C=O) groups is 1. The SMILES string of the molecule is COc1cc2nccc(Oc3ccc(CC(=O)c4c(C)c(F)c(C)n(-c5ccc(F)cc5)c4=O)cc3)c2nc1OC. The van der Waals surface area contributed by atoms with Crippen LogP contribution in [0.5, 0.6) is 23.1 Å². The van der Waals surface area contributed by atoms with Crippen LogP contribution in [0, 0.1) is 25.5 Å². The van der Waals surface area contributed by atoms with E-state index in [-0.39, 0.29) is 34.8 Å². The molecule has 0 bridgehead atoms. The lowest BCUT2D eigenvalue weighted by Gasteiger charge is -2.16. The van der Waals surface area contributed by atoms with Gasteiger partial charge in [0.25, 0.3) is 11.4 Å². The molecule has 0 saturated carbocycles. The third-order valence-corrected chi connectivity index (χ3v) is 6.67. The van der Waals surface area contributed by atoms with Gasteiger partial charge in [0.1, 0.15) is 22.9 Å². The number of nitrogens with zero attached hydrogens (tertiary/aromatic N) is 3. The molecule has 8 nitrogen and oxygen atoms in total. The molecule has 0 atom stereocenters. The summed E-state index contributed by atoms with van der Waals surface area (Å²) >= 11 is 0. The van der Waals surface area contributed by atoms with Crippen molar-refractivity contribution in [1.82, 2.24) is 14.5 Å². The van der Waals surface area contributed by atoms with E-state index in [0.29, 0.717) is 33.8 Å². The molecule has 0 N–H and O–H groups in total. The molecule has 0 unspecified atom stereocenters. The molecule has 0 aliphatic heterocycles. The number of hydrogen-bond acceptors (Lipinski definition) is 7. The predicted molar refractivity (Wildman–Crippen MR) is 149 cm³/mol. The molecular weight excluding hydrogens is 532 g/mol. The minimum atomic E-state index is -0.673. The molecular formula is C31H25F2N3O5. The minimum absolute atomic E-state index is 0.0278. The van der Waals surface area contributed by atoms with Crippen molar-refractivity contribution >= 4 is 16.8 Å². The number of aromatic nitrogens is 3. The Morgan fingerprint density at radius 1 is 0.927 bits per heavy atom. The van der Waals surface area contributed by atoms with Crippen molar-refractivity contribution in [2.45, 2.75) is 20.3 Å². The van der Waals surface area contributed by atoms with Crippen LogP contribution in [0.1, 0.15) is 27.2 Å². The number of rotatable bonds is 8. The molecule has 5 rings (SSSR count). The van der Waals surface area contributed by atoms with Crippen LogP contribution in [0.2, 0.25) is 0 Å². The van der Waals surface area contributed by atoms with Crippen LogP contribution in [0.25, 0.3) is 16.7 Å². The fourth-order valence-electron chi connectivity index (χ4n) is 4.60. The quantitative estimate of drug-likeness (QED) is 0.219. The Morgan fingerprint density at radius 2 is 1.63 bits per heavy atom. The van der Waals surface area contributed by atoms with Gasteiger partial charge in [0.2, 0.25) is 0 Å². The largest absolute Gasteiger partial charge is 0.491 e. The number of pyridine rings is 3. The van der Waals surface area contributed by atoms with Gasteiger partial charge in [-0.3, -0.25) is 19.1 Å². The second-order valence-electron chi connectivity index (χ2n) is 9.24. The van der Waals surface area contributed by atoms with Gasteiger partial charge in [-0.2, -0.15) is 0 Å². The van der Waals surface area contributed by atoms with Gasteiger partial charge in [0.15, 0.2) is 17.3 Å². The Kier molecular flexibility index (Phi) is 7.47. The zero-order valence-corrected chi connectivity index (χ0v) is 22.7. The smallest absolute Gasteiger partial charge is 0.266 e. The molecule has 41 heavy (non-hydrogen) atoms. The minimum Gasteiger partial charge on any atom is -0.491 e. The summed E-state index contributed by atoms with van der Waals surface area (Å²) in [6.45, 7) is 2.84. The fraction of sp³-hybridized carbons (Fsp3) is 0.161. The maximum atomic E-state index is 15.1. The topological polar surface area (TPSA) is 92.5 Å². The maximum absolute atomic E-state index is 15.1. The van der Waals surface area contributed by atoms with Gasteiger partial charge < -0.3 is 14.2 Å². The van der Waals surface area contributed by atoms with Gasteiger partial charge in [0.05, 0.1) is 31.0 Å². The van der Waals surface area contributed by atoms with Gasteiger partial charge in [0, 0.05) is 36.0 Å². The summed E-state index contributed by atoms with van der Waals surface area (Å²) in [4.78, 5) is 35.4. The molecule has 10 heteroatoms. The highest BCUT2D eigenvalue weighted by molar-refractivity contribution is 5.98. The van der Waals surface area contributed by atoms with Crippen molar-refractivity contribution in [3.05, 3.63) is 111 Å². The molecule has 2 aromatic carbocycles. The number of ketones is 1. The number of carbonyl (C=O) groups excluding carboxylic acids is 1. The van der Waals surface area contributed by atoms with Crippen LogP contribution < -0.4 is 19.8 Å². The normalized spacial score (nSPS) is 11.0. The summed E-state index contributed by atoms with van der Waals surface area (Å²) in [6.07, 6.45) is 1.44. The van der Waals surface area contributed by atoms with Crippen molar-refractivity contribution in [1.29, 1.82) is 0 Å². The molecule has 0 fully saturated rings.